The van der Waals surface area contributed by atoms with Gasteiger partial charge in [-0.3, -0.25) is 4.79 Å². The van der Waals surface area contributed by atoms with E-state index in [9.17, 15) is 4.79 Å². The van der Waals surface area contributed by atoms with Gasteiger partial charge in [-0.15, -0.1) is 0 Å². The molecule has 3 aromatic rings. The third kappa shape index (κ3) is 3.02. The molecule has 2 heterocycles. The summed E-state index contributed by atoms with van der Waals surface area (Å²) in [5, 5.41) is 1.57. The lowest BCUT2D eigenvalue weighted by atomic mass is 9.92. The van der Waals surface area contributed by atoms with Crippen molar-refractivity contribution < 1.29 is 9.53 Å². The molecular formula is C21H20ClN3O2. The standard InChI is InChI=1S/C21H20ClN3O2/c1-12-4-7-19-17(8-12)16(10-20(26)27-3)13(2)25(19)21-15-6-5-14(22)9-18(15)23-11-24-21/h4-9,11,13,16H,10H2,1-3H3. The van der Waals surface area contributed by atoms with E-state index in [1.54, 1.807) is 6.33 Å². The molecule has 0 saturated carbocycles. The number of aryl methyl sites for hydroxylation is 1. The summed E-state index contributed by atoms with van der Waals surface area (Å²) in [7, 11) is 1.43. The second kappa shape index (κ2) is 6.82. The molecule has 1 aliphatic rings. The number of rotatable bonds is 3. The van der Waals surface area contributed by atoms with Gasteiger partial charge in [0, 0.05) is 28.1 Å². The number of ether oxygens (including phenoxy) is 1. The Balaban J connectivity index is 1.88. The number of anilines is 2. The number of halogens is 1. The molecule has 0 N–H and O–H groups in total. The largest absolute Gasteiger partial charge is 0.469 e. The van der Waals surface area contributed by atoms with Crippen LogP contribution in [0.25, 0.3) is 10.9 Å². The summed E-state index contributed by atoms with van der Waals surface area (Å²) < 4.78 is 4.93. The van der Waals surface area contributed by atoms with Crippen molar-refractivity contribution in [3.05, 3.63) is 58.9 Å². The fourth-order valence-electron chi connectivity index (χ4n) is 3.91. The van der Waals surface area contributed by atoms with Crippen LogP contribution in [0.5, 0.6) is 0 Å². The maximum atomic E-state index is 12.0. The van der Waals surface area contributed by atoms with Crippen molar-refractivity contribution >= 4 is 40.0 Å². The van der Waals surface area contributed by atoms with Crippen LogP contribution in [0.2, 0.25) is 5.02 Å². The average molecular weight is 382 g/mol. The molecule has 2 atom stereocenters. The summed E-state index contributed by atoms with van der Waals surface area (Å²) in [6, 6.07) is 12.0. The Morgan fingerprint density at radius 1 is 1.22 bits per heavy atom. The predicted octanol–water partition coefficient (Wildman–Crippen LogP) is 4.78. The van der Waals surface area contributed by atoms with Crippen molar-refractivity contribution in [2.75, 3.05) is 12.0 Å². The molecule has 5 nitrogen and oxygen atoms in total. The molecule has 138 valence electrons. The molecule has 4 rings (SSSR count). The Kier molecular flexibility index (Phi) is 4.48. The third-order valence-corrected chi connectivity index (χ3v) is 5.49. The molecule has 2 aromatic carbocycles. The van der Waals surface area contributed by atoms with E-state index < -0.39 is 0 Å². The topological polar surface area (TPSA) is 55.3 Å². The zero-order valence-electron chi connectivity index (χ0n) is 15.4. The van der Waals surface area contributed by atoms with Crippen LogP contribution in [0.1, 0.15) is 30.4 Å². The monoisotopic (exact) mass is 381 g/mol. The van der Waals surface area contributed by atoms with Gasteiger partial charge in [-0.25, -0.2) is 9.97 Å². The number of hydrogen-bond donors (Lipinski definition) is 0. The zero-order valence-corrected chi connectivity index (χ0v) is 16.2. The minimum Gasteiger partial charge on any atom is -0.469 e. The van der Waals surface area contributed by atoms with Gasteiger partial charge in [0.2, 0.25) is 0 Å². The molecule has 0 fully saturated rings. The lowest BCUT2D eigenvalue weighted by Crippen LogP contribution is -2.29. The predicted molar refractivity (Wildman–Crippen MR) is 107 cm³/mol. The number of aromatic nitrogens is 2. The van der Waals surface area contributed by atoms with Crippen LogP contribution in [0, 0.1) is 6.92 Å². The number of esters is 1. The highest BCUT2D eigenvalue weighted by Gasteiger charge is 2.39. The van der Waals surface area contributed by atoms with Crippen molar-refractivity contribution in [2.45, 2.75) is 32.2 Å². The Hall–Kier alpha value is -2.66. The highest BCUT2D eigenvalue weighted by atomic mass is 35.5. The van der Waals surface area contributed by atoms with E-state index in [0.29, 0.717) is 11.4 Å². The summed E-state index contributed by atoms with van der Waals surface area (Å²) >= 11 is 6.13. The average Bonchev–Trinajstić information content (AvgIpc) is 2.92. The number of hydrogen-bond acceptors (Lipinski definition) is 5. The van der Waals surface area contributed by atoms with Gasteiger partial charge in [0.15, 0.2) is 0 Å². The maximum Gasteiger partial charge on any atom is 0.306 e. The van der Waals surface area contributed by atoms with Crippen molar-refractivity contribution in [1.29, 1.82) is 0 Å². The van der Waals surface area contributed by atoms with Crippen LogP contribution in [0.3, 0.4) is 0 Å². The fourth-order valence-corrected chi connectivity index (χ4v) is 4.07. The lowest BCUT2D eigenvalue weighted by Gasteiger charge is -2.27. The number of benzene rings is 2. The Bertz CT molecular complexity index is 1040. The van der Waals surface area contributed by atoms with Gasteiger partial charge in [0.05, 0.1) is 19.0 Å². The van der Waals surface area contributed by atoms with Crippen LogP contribution >= 0.6 is 11.6 Å². The van der Waals surface area contributed by atoms with Crippen LogP contribution in [-0.4, -0.2) is 29.1 Å². The molecule has 2 unspecified atom stereocenters. The minimum absolute atomic E-state index is 0.0321. The zero-order chi connectivity index (χ0) is 19.1. The molecule has 0 saturated heterocycles. The number of methoxy groups -OCH3 is 1. The van der Waals surface area contributed by atoms with Crippen LogP contribution in [0.15, 0.2) is 42.7 Å². The SMILES string of the molecule is COC(=O)CC1c2cc(C)ccc2N(c2ncnc3cc(Cl)ccc23)C1C. The summed E-state index contributed by atoms with van der Waals surface area (Å²) in [4.78, 5) is 23.1. The normalized spacial score (nSPS) is 18.6. The van der Waals surface area contributed by atoms with E-state index in [2.05, 4.69) is 46.9 Å². The molecule has 0 spiro atoms. The highest BCUT2D eigenvalue weighted by molar-refractivity contribution is 6.31. The van der Waals surface area contributed by atoms with Crippen LogP contribution in [0.4, 0.5) is 11.5 Å². The molecule has 0 radical (unpaired) electrons. The summed E-state index contributed by atoms with van der Waals surface area (Å²) in [5.74, 6) is 0.645. The first-order valence-corrected chi connectivity index (χ1v) is 9.24. The Morgan fingerprint density at radius 2 is 2.04 bits per heavy atom. The van der Waals surface area contributed by atoms with Crippen LogP contribution in [-0.2, 0) is 9.53 Å². The van der Waals surface area contributed by atoms with E-state index in [1.165, 1.54) is 7.11 Å². The van der Waals surface area contributed by atoms with E-state index in [-0.39, 0.29) is 17.9 Å². The first-order chi connectivity index (χ1) is 13.0. The fraction of sp³-hybridized carbons (Fsp3) is 0.286. The van der Waals surface area contributed by atoms with Crippen LogP contribution < -0.4 is 4.90 Å². The molecule has 0 amide bonds. The van der Waals surface area contributed by atoms with Gasteiger partial charge in [-0.1, -0.05) is 29.3 Å². The lowest BCUT2D eigenvalue weighted by molar-refractivity contribution is -0.141. The second-order valence-corrected chi connectivity index (χ2v) is 7.35. The van der Waals surface area contributed by atoms with Crippen molar-refractivity contribution in [3.8, 4) is 0 Å². The van der Waals surface area contributed by atoms with Crippen molar-refractivity contribution in [2.24, 2.45) is 0 Å². The van der Waals surface area contributed by atoms with E-state index >= 15 is 0 Å². The molecule has 1 aliphatic heterocycles. The molecule has 1 aromatic heterocycles. The Morgan fingerprint density at radius 3 is 2.81 bits per heavy atom. The number of fused-ring (bicyclic) bond motifs is 2. The van der Waals surface area contributed by atoms with Gasteiger partial charge < -0.3 is 9.64 Å². The summed E-state index contributed by atoms with van der Waals surface area (Å²) in [6.07, 6.45) is 1.89. The minimum atomic E-state index is -0.208. The summed E-state index contributed by atoms with van der Waals surface area (Å²) in [6.45, 7) is 4.18. The molecular weight excluding hydrogens is 362 g/mol. The van der Waals surface area contributed by atoms with Gasteiger partial charge in [0.25, 0.3) is 0 Å². The van der Waals surface area contributed by atoms with Gasteiger partial charge in [-0.05, 0) is 43.7 Å². The van der Waals surface area contributed by atoms with E-state index in [0.717, 1.165) is 33.5 Å². The first-order valence-electron chi connectivity index (χ1n) is 8.86. The van der Waals surface area contributed by atoms with Gasteiger partial charge in [0.1, 0.15) is 12.1 Å². The molecule has 27 heavy (non-hydrogen) atoms. The van der Waals surface area contributed by atoms with E-state index in [1.807, 2.05) is 18.2 Å². The maximum absolute atomic E-state index is 12.0. The number of carbonyl (C=O) groups excluding carboxylic acids is 1. The third-order valence-electron chi connectivity index (χ3n) is 5.25. The summed E-state index contributed by atoms with van der Waals surface area (Å²) in [5.41, 5.74) is 4.17. The molecule has 6 heteroatoms. The first kappa shape index (κ1) is 17.7. The smallest absolute Gasteiger partial charge is 0.306 e. The second-order valence-electron chi connectivity index (χ2n) is 6.92. The molecule has 0 bridgehead atoms. The number of nitrogens with zero attached hydrogens (tertiary/aromatic N) is 3. The quantitative estimate of drug-likeness (QED) is 0.611. The van der Waals surface area contributed by atoms with Crippen molar-refractivity contribution in [1.82, 2.24) is 9.97 Å². The Labute approximate surface area is 162 Å². The van der Waals surface area contributed by atoms with Crippen molar-refractivity contribution in [3.63, 3.8) is 0 Å². The highest BCUT2D eigenvalue weighted by Crippen LogP contribution is 2.47. The molecule has 0 aliphatic carbocycles. The van der Waals surface area contributed by atoms with E-state index in [4.69, 9.17) is 16.3 Å². The van der Waals surface area contributed by atoms with Gasteiger partial charge >= 0.3 is 5.97 Å². The number of carbonyl (C=O) groups is 1. The van der Waals surface area contributed by atoms with Gasteiger partial charge in [-0.2, -0.15) is 0 Å².